The number of benzene rings is 1. The molecule has 3 nitrogen and oxygen atoms in total. The average Bonchev–Trinajstić information content (AvgIpc) is 3.06. The molecule has 98 valence electrons. The molecule has 2 saturated carbocycles. The number of ketones is 1. The van der Waals surface area contributed by atoms with Crippen molar-refractivity contribution in [2.75, 3.05) is 7.11 Å². The Bertz CT molecular complexity index is 536. The fraction of sp³-hybridized carbons (Fsp3) is 0.500. The summed E-state index contributed by atoms with van der Waals surface area (Å²) in [5.74, 6) is 1.78. The Morgan fingerprint density at radius 2 is 2.11 bits per heavy atom. The summed E-state index contributed by atoms with van der Waals surface area (Å²) in [7, 11) is 1.59. The standard InChI is InChI=1S/C16H17NO2/c1-19-14-4-2-3-10(8-14)15(9-17)16(18)13-6-11-5-12(11)7-13/h2-4,8,11-13,15H,5-7H2,1H3. The monoisotopic (exact) mass is 255 g/mol. The molecule has 3 unspecified atom stereocenters. The summed E-state index contributed by atoms with van der Waals surface area (Å²) in [5, 5.41) is 9.34. The molecule has 0 amide bonds. The molecule has 19 heavy (non-hydrogen) atoms. The number of ether oxygens (including phenoxy) is 1. The van der Waals surface area contributed by atoms with Gasteiger partial charge in [0.1, 0.15) is 11.7 Å². The molecule has 2 fully saturated rings. The van der Waals surface area contributed by atoms with E-state index in [1.54, 1.807) is 13.2 Å². The van der Waals surface area contributed by atoms with Crippen LogP contribution in [0.4, 0.5) is 0 Å². The number of Topliss-reactive ketones (excluding diaryl/α,β-unsaturated/α-hetero) is 1. The second kappa shape index (κ2) is 4.70. The van der Waals surface area contributed by atoms with Gasteiger partial charge in [-0.05, 0) is 48.8 Å². The van der Waals surface area contributed by atoms with Crippen LogP contribution in [0, 0.1) is 29.1 Å². The van der Waals surface area contributed by atoms with E-state index in [-0.39, 0.29) is 11.7 Å². The van der Waals surface area contributed by atoms with Crippen molar-refractivity contribution in [1.29, 1.82) is 5.26 Å². The number of carbonyl (C=O) groups is 1. The van der Waals surface area contributed by atoms with Gasteiger partial charge in [0, 0.05) is 5.92 Å². The predicted octanol–water partition coefficient (Wildman–Crippen LogP) is 2.92. The van der Waals surface area contributed by atoms with Gasteiger partial charge in [0.05, 0.1) is 13.2 Å². The summed E-state index contributed by atoms with van der Waals surface area (Å²) in [5.41, 5.74) is 0.757. The normalized spacial score (nSPS) is 29.2. The van der Waals surface area contributed by atoms with Gasteiger partial charge in [-0.1, -0.05) is 12.1 Å². The van der Waals surface area contributed by atoms with Crippen molar-refractivity contribution >= 4 is 5.78 Å². The zero-order valence-corrected chi connectivity index (χ0v) is 11.0. The van der Waals surface area contributed by atoms with Gasteiger partial charge < -0.3 is 4.74 Å². The highest BCUT2D eigenvalue weighted by atomic mass is 16.5. The first-order valence-electron chi connectivity index (χ1n) is 6.80. The molecule has 2 aliphatic rings. The third-order valence-corrected chi connectivity index (χ3v) is 4.49. The topological polar surface area (TPSA) is 50.1 Å². The molecule has 0 N–H and O–H groups in total. The molecule has 3 heteroatoms. The lowest BCUT2D eigenvalue weighted by atomic mass is 9.86. The zero-order valence-electron chi connectivity index (χ0n) is 11.0. The van der Waals surface area contributed by atoms with Crippen molar-refractivity contribution in [1.82, 2.24) is 0 Å². The Balaban J connectivity index is 1.79. The Morgan fingerprint density at radius 3 is 2.74 bits per heavy atom. The van der Waals surface area contributed by atoms with E-state index in [9.17, 15) is 10.1 Å². The van der Waals surface area contributed by atoms with Crippen LogP contribution >= 0.6 is 0 Å². The molecular formula is C16H17NO2. The zero-order chi connectivity index (χ0) is 13.4. The van der Waals surface area contributed by atoms with E-state index in [4.69, 9.17) is 4.74 Å². The number of hydrogen-bond donors (Lipinski definition) is 0. The molecule has 0 saturated heterocycles. The van der Waals surface area contributed by atoms with Gasteiger partial charge in [-0.15, -0.1) is 0 Å². The maximum absolute atomic E-state index is 12.5. The molecule has 0 spiro atoms. The Kier molecular flexibility index (Phi) is 3.02. The average molecular weight is 255 g/mol. The number of fused-ring (bicyclic) bond motifs is 1. The summed E-state index contributed by atoms with van der Waals surface area (Å²) in [6, 6.07) is 9.46. The number of nitrogens with zero attached hydrogens (tertiary/aromatic N) is 1. The van der Waals surface area contributed by atoms with Crippen LogP contribution in [0.25, 0.3) is 0 Å². The molecule has 2 aliphatic carbocycles. The lowest BCUT2D eigenvalue weighted by molar-refractivity contribution is -0.123. The van der Waals surface area contributed by atoms with E-state index >= 15 is 0 Å². The van der Waals surface area contributed by atoms with Crippen molar-refractivity contribution in [3.63, 3.8) is 0 Å². The smallest absolute Gasteiger partial charge is 0.157 e. The minimum absolute atomic E-state index is 0.0969. The number of nitriles is 1. The molecule has 0 bridgehead atoms. The molecule has 3 rings (SSSR count). The molecule has 1 aromatic rings. The van der Waals surface area contributed by atoms with Crippen molar-refractivity contribution < 1.29 is 9.53 Å². The van der Waals surface area contributed by atoms with Crippen LogP contribution in [0.15, 0.2) is 24.3 Å². The molecule has 0 aliphatic heterocycles. The summed E-state index contributed by atoms with van der Waals surface area (Å²) in [4.78, 5) is 12.5. The summed E-state index contributed by atoms with van der Waals surface area (Å²) < 4.78 is 5.16. The number of hydrogen-bond acceptors (Lipinski definition) is 3. The minimum Gasteiger partial charge on any atom is -0.497 e. The van der Waals surface area contributed by atoms with E-state index < -0.39 is 5.92 Å². The maximum atomic E-state index is 12.5. The van der Waals surface area contributed by atoms with Crippen LogP contribution < -0.4 is 4.74 Å². The lowest BCUT2D eigenvalue weighted by Gasteiger charge is -2.15. The highest BCUT2D eigenvalue weighted by Crippen LogP contribution is 2.55. The van der Waals surface area contributed by atoms with Gasteiger partial charge in [-0.3, -0.25) is 4.79 Å². The van der Waals surface area contributed by atoms with Gasteiger partial charge in [-0.2, -0.15) is 5.26 Å². The van der Waals surface area contributed by atoms with Crippen LogP contribution in [0.1, 0.15) is 30.7 Å². The van der Waals surface area contributed by atoms with Crippen molar-refractivity contribution in [2.45, 2.75) is 25.2 Å². The highest BCUT2D eigenvalue weighted by Gasteiger charge is 2.49. The first kappa shape index (κ1) is 12.2. The largest absolute Gasteiger partial charge is 0.497 e. The number of methoxy groups -OCH3 is 1. The molecule has 0 heterocycles. The van der Waals surface area contributed by atoms with Crippen LogP contribution in [0.5, 0.6) is 5.75 Å². The SMILES string of the molecule is COc1cccc(C(C#N)C(=O)C2CC3CC3C2)c1. The third-order valence-electron chi connectivity index (χ3n) is 4.49. The molecule has 0 aromatic heterocycles. The van der Waals surface area contributed by atoms with E-state index in [0.29, 0.717) is 5.75 Å². The number of rotatable bonds is 4. The lowest BCUT2D eigenvalue weighted by Crippen LogP contribution is -2.20. The van der Waals surface area contributed by atoms with E-state index in [1.807, 2.05) is 18.2 Å². The molecule has 0 radical (unpaired) electrons. The highest BCUT2D eigenvalue weighted by molar-refractivity contribution is 5.90. The second-order valence-electron chi connectivity index (χ2n) is 5.67. The van der Waals surface area contributed by atoms with Crippen molar-refractivity contribution in [2.24, 2.45) is 17.8 Å². The summed E-state index contributed by atoms with van der Waals surface area (Å²) in [6.45, 7) is 0. The van der Waals surface area contributed by atoms with Crippen LogP contribution in [-0.4, -0.2) is 12.9 Å². The quantitative estimate of drug-likeness (QED) is 0.831. The van der Waals surface area contributed by atoms with Crippen LogP contribution in [0.2, 0.25) is 0 Å². The van der Waals surface area contributed by atoms with Gasteiger partial charge >= 0.3 is 0 Å². The minimum atomic E-state index is -0.641. The fourth-order valence-electron chi connectivity index (χ4n) is 3.31. The van der Waals surface area contributed by atoms with Gasteiger partial charge in [-0.25, -0.2) is 0 Å². The maximum Gasteiger partial charge on any atom is 0.157 e. The Labute approximate surface area is 113 Å². The molecule has 3 atom stereocenters. The Hall–Kier alpha value is -1.82. The van der Waals surface area contributed by atoms with Gasteiger partial charge in [0.15, 0.2) is 5.78 Å². The van der Waals surface area contributed by atoms with Crippen molar-refractivity contribution in [3.8, 4) is 11.8 Å². The first-order chi connectivity index (χ1) is 9.22. The van der Waals surface area contributed by atoms with E-state index in [0.717, 1.165) is 30.2 Å². The first-order valence-corrected chi connectivity index (χ1v) is 6.80. The molecular weight excluding hydrogens is 238 g/mol. The predicted molar refractivity (Wildman–Crippen MR) is 70.7 cm³/mol. The Morgan fingerprint density at radius 1 is 1.37 bits per heavy atom. The van der Waals surface area contributed by atoms with Crippen molar-refractivity contribution in [3.05, 3.63) is 29.8 Å². The van der Waals surface area contributed by atoms with Crippen LogP contribution in [-0.2, 0) is 4.79 Å². The van der Waals surface area contributed by atoms with Crippen LogP contribution in [0.3, 0.4) is 0 Å². The number of carbonyl (C=O) groups excluding carboxylic acids is 1. The van der Waals surface area contributed by atoms with E-state index in [2.05, 4.69) is 6.07 Å². The summed E-state index contributed by atoms with van der Waals surface area (Å²) in [6.07, 6.45) is 3.28. The fourth-order valence-corrected chi connectivity index (χ4v) is 3.31. The van der Waals surface area contributed by atoms with Gasteiger partial charge in [0.2, 0.25) is 0 Å². The third kappa shape index (κ3) is 2.23. The second-order valence-corrected chi connectivity index (χ2v) is 5.67. The molecule has 1 aromatic carbocycles. The van der Waals surface area contributed by atoms with E-state index in [1.165, 1.54) is 6.42 Å². The summed E-state index contributed by atoms with van der Waals surface area (Å²) >= 11 is 0. The van der Waals surface area contributed by atoms with Gasteiger partial charge in [0.25, 0.3) is 0 Å².